The number of thiophene rings is 1. The SMILES string of the molecule is CCOC(=O)c1c(-n2c(C)cc(/C=C(\C#N)C(=O)Nc3cc(C)ccc3OC)c2C)sc2c1CCCC2. The van der Waals surface area contributed by atoms with E-state index < -0.39 is 5.91 Å². The van der Waals surface area contributed by atoms with Crippen molar-refractivity contribution in [2.45, 2.75) is 53.4 Å². The number of aryl methyl sites for hydroxylation is 3. The molecule has 0 unspecified atom stereocenters. The van der Waals surface area contributed by atoms with Crippen LogP contribution < -0.4 is 10.1 Å². The van der Waals surface area contributed by atoms with Gasteiger partial charge in [-0.2, -0.15) is 5.26 Å². The summed E-state index contributed by atoms with van der Waals surface area (Å²) < 4.78 is 12.8. The summed E-state index contributed by atoms with van der Waals surface area (Å²) in [5.74, 6) is -0.303. The number of rotatable bonds is 7. The predicted octanol–water partition coefficient (Wildman–Crippen LogP) is 6.07. The highest BCUT2D eigenvalue weighted by Gasteiger charge is 2.29. The number of methoxy groups -OCH3 is 1. The lowest BCUT2D eigenvalue weighted by Crippen LogP contribution is -2.14. The largest absolute Gasteiger partial charge is 0.495 e. The van der Waals surface area contributed by atoms with Crippen LogP contribution in [0.15, 0.2) is 29.8 Å². The van der Waals surface area contributed by atoms with Crippen LogP contribution in [0.2, 0.25) is 0 Å². The van der Waals surface area contributed by atoms with Crippen molar-refractivity contribution in [1.29, 1.82) is 5.26 Å². The molecule has 0 fully saturated rings. The van der Waals surface area contributed by atoms with E-state index in [2.05, 4.69) is 5.32 Å². The fourth-order valence-corrected chi connectivity index (χ4v) is 6.27. The highest BCUT2D eigenvalue weighted by Crippen LogP contribution is 2.39. The number of aromatic nitrogens is 1. The number of nitrogens with one attached hydrogen (secondary N) is 1. The van der Waals surface area contributed by atoms with E-state index in [1.807, 2.05) is 50.5 Å². The minimum Gasteiger partial charge on any atom is -0.495 e. The number of hydrogen-bond donors (Lipinski definition) is 1. The third kappa shape index (κ3) is 5.18. The third-order valence-corrected chi connectivity index (χ3v) is 7.85. The average Bonchev–Trinajstić information content (AvgIpc) is 3.38. The van der Waals surface area contributed by atoms with Crippen molar-refractivity contribution in [3.05, 3.63) is 68.4 Å². The molecular formula is C29H31N3O4S. The summed E-state index contributed by atoms with van der Waals surface area (Å²) in [5.41, 5.74) is 5.66. The summed E-state index contributed by atoms with van der Waals surface area (Å²) in [7, 11) is 1.53. The van der Waals surface area contributed by atoms with Gasteiger partial charge in [0.25, 0.3) is 5.91 Å². The van der Waals surface area contributed by atoms with Crippen molar-refractivity contribution in [3.8, 4) is 16.8 Å². The summed E-state index contributed by atoms with van der Waals surface area (Å²) in [4.78, 5) is 27.3. The molecule has 0 saturated heterocycles. The molecule has 0 radical (unpaired) electrons. The van der Waals surface area contributed by atoms with E-state index in [0.717, 1.165) is 58.8 Å². The Labute approximate surface area is 221 Å². The van der Waals surface area contributed by atoms with Crippen LogP contribution in [-0.4, -0.2) is 30.2 Å². The van der Waals surface area contributed by atoms with E-state index >= 15 is 0 Å². The summed E-state index contributed by atoms with van der Waals surface area (Å²) in [6, 6.07) is 9.42. The van der Waals surface area contributed by atoms with Gasteiger partial charge >= 0.3 is 5.97 Å². The predicted molar refractivity (Wildman–Crippen MR) is 146 cm³/mol. The first-order valence-electron chi connectivity index (χ1n) is 12.4. The molecular weight excluding hydrogens is 486 g/mol. The molecule has 2 aromatic heterocycles. The molecule has 7 nitrogen and oxygen atoms in total. The number of nitriles is 1. The second kappa shape index (κ2) is 11.1. The number of hydrogen-bond acceptors (Lipinski definition) is 6. The van der Waals surface area contributed by atoms with Gasteiger partial charge in [-0.15, -0.1) is 11.3 Å². The first kappa shape index (κ1) is 26.2. The molecule has 3 aromatic rings. The molecule has 37 heavy (non-hydrogen) atoms. The molecule has 4 rings (SSSR count). The zero-order valence-electron chi connectivity index (χ0n) is 21.9. The Morgan fingerprint density at radius 2 is 1.95 bits per heavy atom. The normalized spacial score (nSPS) is 13.0. The number of benzene rings is 1. The van der Waals surface area contributed by atoms with Crippen molar-refractivity contribution in [3.63, 3.8) is 0 Å². The van der Waals surface area contributed by atoms with Crippen LogP contribution in [0.5, 0.6) is 5.75 Å². The number of anilines is 1. The van der Waals surface area contributed by atoms with E-state index in [1.54, 1.807) is 29.5 Å². The van der Waals surface area contributed by atoms with Crippen LogP contribution in [0.25, 0.3) is 11.1 Å². The molecule has 192 valence electrons. The Bertz CT molecular complexity index is 1440. The number of ether oxygens (including phenoxy) is 2. The third-order valence-electron chi connectivity index (χ3n) is 6.57. The topological polar surface area (TPSA) is 93.4 Å². The van der Waals surface area contributed by atoms with Crippen LogP contribution >= 0.6 is 11.3 Å². The summed E-state index contributed by atoms with van der Waals surface area (Å²) >= 11 is 1.63. The summed E-state index contributed by atoms with van der Waals surface area (Å²) in [5, 5.41) is 13.4. The molecule has 1 aromatic carbocycles. The fourth-order valence-electron chi connectivity index (χ4n) is 4.78. The van der Waals surface area contributed by atoms with Gasteiger partial charge in [-0.05, 0) is 94.3 Å². The lowest BCUT2D eigenvalue weighted by molar-refractivity contribution is -0.112. The molecule has 0 atom stereocenters. The van der Waals surface area contributed by atoms with Crippen LogP contribution in [-0.2, 0) is 22.4 Å². The number of fused-ring (bicyclic) bond motifs is 1. The molecule has 0 bridgehead atoms. The van der Waals surface area contributed by atoms with Crippen LogP contribution in [0.3, 0.4) is 0 Å². The van der Waals surface area contributed by atoms with Gasteiger partial charge in [-0.25, -0.2) is 4.79 Å². The Hall–Kier alpha value is -3.83. The van der Waals surface area contributed by atoms with Gasteiger partial charge in [0.15, 0.2) is 0 Å². The Morgan fingerprint density at radius 3 is 2.65 bits per heavy atom. The second-order valence-electron chi connectivity index (χ2n) is 9.10. The Kier molecular flexibility index (Phi) is 7.84. The van der Waals surface area contributed by atoms with Gasteiger partial charge in [0.1, 0.15) is 22.4 Å². The van der Waals surface area contributed by atoms with E-state index in [-0.39, 0.29) is 11.5 Å². The first-order chi connectivity index (χ1) is 17.8. The fraction of sp³-hybridized carbons (Fsp3) is 0.345. The zero-order valence-corrected chi connectivity index (χ0v) is 22.7. The van der Waals surface area contributed by atoms with Crippen LogP contribution in [0.1, 0.15) is 63.1 Å². The molecule has 1 aliphatic rings. The standard InChI is InChI=1S/C29H31N3O4S/c1-6-36-29(34)26-22-9-7-8-10-25(22)37-28(26)32-18(3)14-20(19(32)4)15-21(16-30)27(33)31-23-13-17(2)11-12-24(23)35-5/h11-15H,6-10H2,1-5H3,(H,31,33)/b21-15+. The lowest BCUT2D eigenvalue weighted by Gasteiger charge is -2.13. The lowest BCUT2D eigenvalue weighted by atomic mass is 9.95. The average molecular weight is 518 g/mol. The van der Waals surface area contributed by atoms with E-state index in [0.29, 0.717) is 23.6 Å². The molecule has 1 aliphatic carbocycles. The number of esters is 1. The molecule has 1 amide bonds. The molecule has 2 heterocycles. The first-order valence-corrected chi connectivity index (χ1v) is 13.2. The van der Waals surface area contributed by atoms with Gasteiger partial charge in [-0.3, -0.25) is 4.79 Å². The number of amides is 1. The smallest absolute Gasteiger partial charge is 0.341 e. The Balaban J connectivity index is 1.74. The number of carbonyl (C=O) groups is 2. The highest BCUT2D eigenvalue weighted by atomic mass is 32.1. The summed E-state index contributed by atoms with van der Waals surface area (Å²) in [6.07, 6.45) is 5.58. The van der Waals surface area contributed by atoms with Crippen LogP contribution in [0.4, 0.5) is 5.69 Å². The van der Waals surface area contributed by atoms with E-state index in [4.69, 9.17) is 9.47 Å². The molecule has 0 saturated carbocycles. The minimum absolute atomic E-state index is 0.0279. The quantitative estimate of drug-likeness (QED) is 0.233. The molecule has 0 spiro atoms. The van der Waals surface area contributed by atoms with Crippen molar-refractivity contribution in [2.75, 3.05) is 19.0 Å². The maximum absolute atomic E-state index is 13.0. The van der Waals surface area contributed by atoms with Gasteiger partial charge in [0, 0.05) is 16.3 Å². The maximum atomic E-state index is 13.0. The van der Waals surface area contributed by atoms with E-state index in [9.17, 15) is 14.9 Å². The van der Waals surface area contributed by atoms with Crippen molar-refractivity contribution in [1.82, 2.24) is 4.57 Å². The monoisotopic (exact) mass is 517 g/mol. The minimum atomic E-state index is -0.519. The highest BCUT2D eigenvalue weighted by molar-refractivity contribution is 7.15. The van der Waals surface area contributed by atoms with Gasteiger partial charge in [0.2, 0.25) is 0 Å². The van der Waals surface area contributed by atoms with Crippen molar-refractivity contribution >= 4 is 35.0 Å². The molecule has 8 heteroatoms. The Morgan fingerprint density at radius 1 is 1.19 bits per heavy atom. The summed E-state index contributed by atoms with van der Waals surface area (Å²) in [6.45, 7) is 7.93. The van der Waals surface area contributed by atoms with E-state index in [1.165, 1.54) is 12.0 Å². The molecule has 0 aliphatic heterocycles. The van der Waals surface area contributed by atoms with Gasteiger partial charge < -0.3 is 19.4 Å². The van der Waals surface area contributed by atoms with Gasteiger partial charge in [-0.1, -0.05) is 6.07 Å². The van der Waals surface area contributed by atoms with Crippen LogP contribution in [0, 0.1) is 32.1 Å². The van der Waals surface area contributed by atoms with Crippen molar-refractivity contribution < 1.29 is 19.1 Å². The molecule has 1 N–H and O–H groups in total. The van der Waals surface area contributed by atoms with Gasteiger partial charge in [0.05, 0.1) is 25.0 Å². The maximum Gasteiger partial charge on any atom is 0.341 e. The van der Waals surface area contributed by atoms with Crippen molar-refractivity contribution in [2.24, 2.45) is 0 Å². The zero-order chi connectivity index (χ0) is 26.7. The second-order valence-corrected chi connectivity index (χ2v) is 10.2. The number of carbonyl (C=O) groups excluding carboxylic acids is 2. The number of nitrogens with zero attached hydrogens (tertiary/aromatic N) is 2.